The number of nitrogens with zero attached hydrogens (tertiary/aromatic N) is 1. The molecule has 0 spiro atoms. The number of carbonyl (C=O) groups is 1. The van der Waals surface area contributed by atoms with Crippen molar-refractivity contribution in [3.8, 4) is 0 Å². The normalized spacial score (nSPS) is 24.9. The fourth-order valence-electron chi connectivity index (χ4n) is 3.31. The predicted molar refractivity (Wildman–Crippen MR) is 85.3 cm³/mol. The van der Waals surface area contributed by atoms with Crippen molar-refractivity contribution in [2.45, 2.75) is 38.1 Å². The van der Waals surface area contributed by atoms with E-state index in [0.717, 1.165) is 32.2 Å². The lowest BCUT2D eigenvalue weighted by atomic mass is 9.85. The van der Waals surface area contributed by atoms with Gasteiger partial charge in [0.05, 0.1) is 7.11 Å². The third kappa shape index (κ3) is 3.38. The SMILES string of the molecule is COC(=O)C1(N)CCCC1CCN(C)c1cccc(C)c1. The number of hydrogen-bond acceptors (Lipinski definition) is 4. The monoisotopic (exact) mass is 290 g/mol. The van der Waals surface area contributed by atoms with Crippen LogP contribution in [0.1, 0.15) is 31.2 Å². The molecule has 116 valence electrons. The molecule has 1 aliphatic rings. The lowest BCUT2D eigenvalue weighted by Crippen LogP contribution is -2.52. The molecule has 21 heavy (non-hydrogen) atoms. The average Bonchev–Trinajstić information content (AvgIpc) is 2.86. The average molecular weight is 290 g/mol. The highest BCUT2D eigenvalue weighted by molar-refractivity contribution is 5.81. The van der Waals surface area contributed by atoms with Crippen LogP contribution in [0.4, 0.5) is 5.69 Å². The molecular weight excluding hydrogens is 264 g/mol. The summed E-state index contributed by atoms with van der Waals surface area (Å²) in [6.07, 6.45) is 3.66. The summed E-state index contributed by atoms with van der Waals surface area (Å²) in [4.78, 5) is 14.2. The highest BCUT2D eigenvalue weighted by Gasteiger charge is 2.46. The number of aryl methyl sites for hydroxylation is 1. The van der Waals surface area contributed by atoms with Gasteiger partial charge in [-0.05, 0) is 49.8 Å². The van der Waals surface area contributed by atoms with Gasteiger partial charge in [0.1, 0.15) is 5.54 Å². The van der Waals surface area contributed by atoms with Crippen molar-refractivity contribution in [2.24, 2.45) is 11.7 Å². The molecule has 4 heteroatoms. The topological polar surface area (TPSA) is 55.6 Å². The maximum absolute atomic E-state index is 11.9. The van der Waals surface area contributed by atoms with Crippen LogP contribution in [0.5, 0.6) is 0 Å². The smallest absolute Gasteiger partial charge is 0.326 e. The van der Waals surface area contributed by atoms with E-state index < -0.39 is 5.54 Å². The van der Waals surface area contributed by atoms with Gasteiger partial charge >= 0.3 is 5.97 Å². The first-order chi connectivity index (χ1) is 9.97. The molecule has 1 aromatic rings. The molecule has 1 fully saturated rings. The Kier molecular flexibility index (Phi) is 4.88. The Morgan fingerprint density at radius 3 is 2.95 bits per heavy atom. The van der Waals surface area contributed by atoms with E-state index in [1.54, 1.807) is 0 Å². The van der Waals surface area contributed by atoms with Crippen molar-refractivity contribution in [2.75, 3.05) is 25.6 Å². The molecule has 4 nitrogen and oxygen atoms in total. The summed E-state index contributed by atoms with van der Waals surface area (Å²) in [6.45, 7) is 2.99. The van der Waals surface area contributed by atoms with E-state index in [2.05, 4.69) is 43.1 Å². The zero-order valence-electron chi connectivity index (χ0n) is 13.3. The summed E-state index contributed by atoms with van der Waals surface area (Å²) in [7, 11) is 3.51. The van der Waals surface area contributed by atoms with Crippen molar-refractivity contribution in [1.82, 2.24) is 0 Å². The summed E-state index contributed by atoms with van der Waals surface area (Å²) in [5.41, 5.74) is 7.98. The molecule has 1 aromatic carbocycles. The number of hydrogen-bond donors (Lipinski definition) is 1. The maximum atomic E-state index is 11.9. The molecule has 0 amide bonds. The molecule has 2 unspecified atom stereocenters. The van der Waals surface area contributed by atoms with E-state index in [4.69, 9.17) is 10.5 Å². The van der Waals surface area contributed by atoms with Crippen molar-refractivity contribution in [1.29, 1.82) is 0 Å². The zero-order valence-corrected chi connectivity index (χ0v) is 13.3. The van der Waals surface area contributed by atoms with E-state index in [0.29, 0.717) is 0 Å². The van der Waals surface area contributed by atoms with E-state index in [-0.39, 0.29) is 11.9 Å². The second-order valence-corrected chi connectivity index (χ2v) is 6.17. The van der Waals surface area contributed by atoms with Gasteiger partial charge in [-0.25, -0.2) is 0 Å². The minimum absolute atomic E-state index is 0.206. The van der Waals surface area contributed by atoms with Crippen LogP contribution in [0, 0.1) is 12.8 Å². The van der Waals surface area contributed by atoms with Crippen molar-refractivity contribution in [3.63, 3.8) is 0 Å². The van der Waals surface area contributed by atoms with Crippen molar-refractivity contribution < 1.29 is 9.53 Å². The van der Waals surface area contributed by atoms with Crippen LogP contribution >= 0.6 is 0 Å². The lowest BCUT2D eigenvalue weighted by Gasteiger charge is -2.30. The van der Waals surface area contributed by atoms with Crippen LogP contribution in [0.15, 0.2) is 24.3 Å². The fraction of sp³-hybridized carbons (Fsp3) is 0.588. The van der Waals surface area contributed by atoms with Crippen LogP contribution in [0.25, 0.3) is 0 Å². The Balaban J connectivity index is 1.97. The molecule has 0 saturated heterocycles. The Morgan fingerprint density at radius 1 is 1.52 bits per heavy atom. The number of benzene rings is 1. The second kappa shape index (κ2) is 6.48. The third-order valence-corrected chi connectivity index (χ3v) is 4.69. The molecule has 2 atom stereocenters. The van der Waals surface area contributed by atoms with E-state index in [1.165, 1.54) is 18.4 Å². The number of methoxy groups -OCH3 is 1. The number of rotatable bonds is 5. The minimum Gasteiger partial charge on any atom is -0.468 e. The maximum Gasteiger partial charge on any atom is 0.326 e. The van der Waals surface area contributed by atoms with Crippen molar-refractivity contribution in [3.05, 3.63) is 29.8 Å². The van der Waals surface area contributed by atoms with Crippen LogP contribution < -0.4 is 10.6 Å². The number of nitrogens with two attached hydrogens (primary N) is 1. The standard InChI is InChI=1S/C17H26N2O2/c1-13-6-4-8-15(12-13)19(2)11-9-14-7-5-10-17(14,18)16(20)21-3/h4,6,8,12,14H,5,7,9-11,18H2,1-3H3. The Morgan fingerprint density at radius 2 is 2.29 bits per heavy atom. The molecule has 1 aliphatic carbocycles. The number of anilines is 1. The summed E-state index contributed by atoms with van der Waals surface area (Å²) >= 11 is 0. The molecular formula is C17H26N2O2. The predicted octanol–water partition coefficient (Wildman–Crippen LogP) is 2.49. The quantitative estimate of drug-likeness (QED) is 0.847. The first-order valence-corrected chi connectivity index (χ1v) is 7.62. The van der Waals surface area contributed by atoms with Gasteiger partial charge in [-0.3, -0.25) is 4.79 Å². The van der Waals surface area contributed by atoms with Gasteiger partial charge < -0.3 is 15.4 Å². The molecule has 1 saturated carbocycles. The Bertz CT molecular complexity index is 503. The molecule has 0 radical (unpaired) electrons. The van der Waals surface area contributed by atoms with Gasteiger partial charge in [-0.15, -0.1) is 0 Å². The van der Waals surface area contributed by atoms with Crippen LogP contribution in [0.3, 0.4) is 0 Å². The molecule has 0 heterocycles. The van der Waals surface area contributed by atoms with Gasteiger partial charge in [-0.1, -0.05) is 18.6 Å². The Labute approximate surface area is 127 Å². The van der Waals surface area contributed by atoms with Crippen LogP contribution in [-0.2, 0) is 9.53 Å². The number of ether oxygens (including phenoxy) is 1. The number of carbonyl (C=O) groups excluding carboxylic acids is 1. The largest absolute Gasteiger partial charge is 0.468 e. The second-order valence-electron chi connectivity index (χ2n) is 6.17. The fourth-order valence-corrected chi connectivity index (χ4v) is 3.31. The van der Waals surface area contributed by atoms with E-state index >= 15 is 0 Å². The highest BCUT2D eigenvalue weighted by Crippen LogP contribution is 2.37. The van der Waals surface area contributed by atoms with Gasteiger partial charge in [0, 0.05) is 19.3 Å². The first kappa shape index (κ1) is 15.8. The first-order valence-electron chi connectivity index (χ1n) is 7.62. The zero-order chi connectivity index (χ0) is 15.5. The Hall–Kier alpha value is -1.55. The number of esters is 1. The summed E-state index contributed by atoms with van der Waals surface area (Å²) in [5.74, 6) is -0.0552. The molecule has 2 rings (SSSR count). The molecule has 0 bridgehead atoms. The molecule has 2 N–H and O–H groups in total. The third-order valence-electron chi connectivity index (χ3n) is 4.69. The van der Waals surface area contributed by atoms with Crippen LogP contribution in [0.2, 0.25) is 0 Å². The van der Waals surface area contributed by atoms with Crippen molar-refractivity contribution >= 4 is 11.7 Å². The minimum atomic E-state index is -0.789. The lowest BCUT2D eigenvalue weighted by molar-refractivity contribution is -0.148. The summed E-state index contributed by atoms with van der Waals surface area (Å²) in [5, 5.41) is 0. The van der Waals surface area contributed by atoms with Crippen LogP contribution in [-0.4, -0.2) is 32.2 Å². The van der Waals surface area contributed by atoms with Gasteiger partial charge in [0.25, 0.3) is 0 Å². The molecule has 0 aliphatic heterocycles. The summed E-state index contributed by atoms with van der Waals surface area (Å²) < 4.78 is 4.90. The highest BCUT2D eigenvalue weighted by atomic mass is 16.5. The summed E-state index contributed by atoms with van der Waals surface area (Å²) in [6, 6.07) is 8.44. The van der Waals surface area contributed by atoms with Gasteiger partial charge in [-0.2, -0.15) is 0 Å². The van der Waals surface area contributed by atoms with Gasteiger partial charge in [0.2, 0.25) is 0 Å². The molecule has 0 aromatic heterocycles. The van der Waals surface area contributed by atoms with E-state index in [9.17, 15) is 4.79 Å². The van der Waals surface area contributed by atoms with Gasteiger partial charge in [0.15, 0.2) is 0 Å². The van der Waals surface area contributed by atoms with E-state index in [1.807, 2.05) is 0 Å².